The summed E-state index contributed by atoms with van der Waals surface area (Å²) in [5.41, 5.74) is 3.07. The lowest BCUT2D eigenvalue weighted by molar-refractivity contribution is -0.122. The van der Waals surface area contributed by atoms with E-state index in [1.165, 1.54) is 36.6 Å². The molecular weight excluding hydrogens is 384 g/mol. The standard InChI is InChI=1S/C22H30N4O2S/c1-15(2)16-10-12-17(13-11-16)23-20(27)14-19-21(28)24-22(29-19)26-25-18-8-6-4-3-5-7-9-18/h10-13,15,19H,3-9,14H2,1-2H3,(H,23,27)(H,24,26,28)/t19-/m0/s1. The predicted octanol–water partition coefficient (Wildman–Crippen LogP) is 4.83. The maximum Gasteiger partial charge on any atom is 0.240 e. The largest absolute Gasteiger partial charge is 0.326 e. The molecule has 0 radical (unpaired) electrons. The third kappa shape index (κ3) is 6.70. The number of rotatable bonds is 5. The minimum Gasteiger partial charge on any atom is -0.326 e. The lowest BCUT2D eigenvalue weighted by Gasteiger charge is -2.09. The number of amides is 2. The molecule has 0 spiro atoms. The predicted molar refractivity (Wildman–Crippen MR) is 120 cm³/mol. The Kier molecular flexibility index (Phi) is 7.86. The van der Waals surface area contributed by atoms with Gasteiger partial charge in [0, 0.05) is 17.8 Å². The Labute approximate surface area is 177 Å². The summed E-state index contributed by atoms with van der Waals surface area (Å²) in [6, 6.07) is 7.81. The van der Waals surface area contributed by atoms with Gasteiger partial charge in [0.05, 0.1) is 0 Å². The number of nitrogens with one attached hydrogen (secondary N) is 2. The van der Waals surface area contributed by atoms with Crippen LogP contribution in [0.2, 0.25) is 0 Å². The summed E-state index contributed by atoms with van der Waals surface area (Å²) < 4.78 is 0. The molecule has 2 aliphatic rings. The molecule has 1 saturated carbocycles. The molecule has 0 unspecified atom stereocenters. The van der Waals surface area contributed by atoms with Gasteiger partial charge in [0.25, 0.3) is 0 Å². The van der Waals surface area contributed by atoms with Crippen LogP contribution in [0.4, 0.5) is 5.69 Å². The molecule has 0 bridgehead atoms. The van der Waals surface area contributed by atoms with Gasteiger partial charge >= 0.3 is 0 Å². The zero-order chi connectivity index (χ0) is 20.6. The third-order valence-corrected chi connectivity index (χ3v) is 6.29. The van der Waals surface area contributed by atoms with Crippen molar-refractivity contribution in [2.24, 2.45) is 10.2 Å². The highest BCUT2D eigenvalue weighted by Gasteiger charge is 2.32. The van der Waals surface area contributed by atoms with E-state index in [9.17, 15) is 9.59 Å². The molecule has 1 aromatic rings. The van der Waals surface area contributed by atoms with E-state index in [0.29, 0.717) is 11.1 Å². The quantitative estimate of drug-likeness (QED) is 0.677. The second-order valence-corrected chi connectivity index (χ2v) is 9.16. The first-order valence-corrected chi connectivity index (χ1v) is 11.4. The van der Waals surface area contributed by atoms with Gasteiger partial charge in [-0.05, 0) is 49.3 Å². The van der Waals surface area contributed by atoms with Gasteiger partial charge in [-0.2, -0.15) is 5.10 Å². The minimum absolute atomic E-state index is 0.109. The number of benzene rings is 1. The topological polar surface area (TPSA) is 82.9 Å². The van der Waals surface area contributed by atoms with Gasteiger partial charge in [-0.1, -0.05) is 57.0 Å². The first-order chi connectivity index (χ1) is 14.0. The van der Waals surface area contributed by atoms with Crippen LogP contribution >= 0.6 is 11.8 Å². The van der Waals surface area contributed by atoms with E-state index in [2.05, 4.69) is 34.7 Å². The maximum atomic E-state index is 12.3. The lowest BCUT2D eigenvalue weighted by atomic mass is 9.99. The van der Waals surface area contributed by atoms with E-state index in [0.717, 1.165) is 37.1 Å². The highest BCUT2D eigenvalue weighted by molar-refractivity contribution is 8.15. The summed E-state index contributed by atoms with van der Waals surface area (Å²) >= 11 is 1.28. The van der Waals surface area contributed by atoms with Crippen molar-refractivity contribution >= 4 is 40.1 Å². The van der Waals surface area contributed by atoms with Gasteiger partial charge in [-0.3, -0.25) is 9.59 Å². The van der Waals surface area contributed by atoms with Crippen LogP contribution in [0.5, 0.6) is 0 Å². The van der Waals surface area contributed by atoms with Crippen LogP contribution in [-0.2, 0) is 9.59 Å². The van der Waals surface area contributed by atoms with Crippen LogP contribution in [0.1, 0.15) is 76.7 Å². The summed E-state index contributed by atoms with van der Waals surface area (Å²) in [5.74, 6) is 0.0847. The number of amidine groups is 1. The molecule has 2 N–H and O–H groups in total. The molecule has 156 valence electrons. The number of hydrogen-bond acceptors (Lipinski definition) is 5. The van der Waals surface area contributed by atoms with E-state index < -0.39 is 5.25 Å². The number of carbonyl (C=O) groups is 2. The highest BCUT2D eigenvalue weighted by Crippen LogP contribution is 2.24. The molecule has 1 aromatic carbocycles. The zero-order valence-corrected chi connectivity index (χ0v) is 18.1. The van der Waals surface area contributed by atoms with E-state index in [-0.39, 0.29) is 18.2 Å². The molecule has 1 aliphatic carbocycles. The van der Waals surface area contributed by atoms with Crippen LogP contribution in [0.15, 0.2) is 34.5 Å². The Balaban J connectivity index is 1.52. The summed E-state index contributed by atoms with van der Waals surface area (Å²) in [6.45, 7) is 4.26. The molecule has 6 nitrogen and oxygen atoms in total. The third-order valence-electron chi connectivity index (χ3n) is 5.22. The molecular formula is C22H30N4O2S. The van der Waals surface area contributed by atoms with Gasteiger partial charge in [-0.15, -0.1) is 5.10 Å². The molecule has 7 heteroatoms. The molecule has 2 amide bonds. The molecule has 29 heavy (non-hydrogen) atoms. The van der Waals surface area contributed by atoms with Gasteiger partial charge < -0.3 is 10.6 Å². The molecule has 1 saturated heterocycles. The van der Waals surface area contributed by atoms with Crippen molar-refractivity contribution in [3.63, 3.8) is 0 Å². The average Bonchev–Trinajstić information content (AvgIpc) is 3.00. The molecule has 1 atom stereocenters. The molecule has 1 aliphatic heterocycles. The number of carbonyl (C=O) groups excluding carboxylic acids is 2. The smallest absolute Gasteiger partial charge is 0.240 e. The summed E-state index contributed by atoms with van der Waals surface area (Å²) in [7, 11) is 0. The van der Waals surface area contributed by atoms with Gasteiger partial charge in [0.2, 0.25) is 11.8 Å². The fourth-order valence-corrected chi connectivity index (χ4v) is 4.37. The molecule has 2 fully saturated rings. The number of nitrogens with zero attached hydrogens (tertiary/aromatic N) is 2. The van der Waals surface area contributed by atoms with Crippen molar-refractivity contribution in [2.45, 2.75) is 76.4 Å². The van der Waals surface area contributed by atoms with Crippen molar-refractivity contribution in [3.05, 3.63) is 29.8 Å². The number of anilines is 1. The first kappa shape index (κ1) is 21.6. The molecule has 0 aromatic heterocycles. The van der Waals surface area contributed by atoms with Gasteiger partial charge in [0.1, 0.15) is 5.25 Å². The zero-order valence-electron chi connectivity index (χ0n) is 17.2. The SMILES string of the molecule is CC(C)c1ccc(NC(=O)C[C@@H]2S/C(=N/N=C3CCCCCCC3)NC2=O)cc1. The Hall–Kier alpha value is -2.15. The van der Waals surface area contributed by atoms with Crippen molar-refractivity contribution < 1.29 is 9.59 Å². The normalized spacial score (nSPS) is 21.6. The second kappa shape index (κ2) is 10.6. The van der Waals surface area contributed by atoms with Crippen molar-refractivity contribution in [1.82, 2.24) is 5.32 Å². The van der Waals surface area contributed by atoms with E-state index in [1.54, 1.807) is 0 Å². The minimum atomic E-state index is -0.471. The van der Waals surface area contributed by atoms with Crippen molar-refractivity contribution in [1.29, 1.82) is 0 Å². The van der Waals surface area contributed by atoms with Gasteiger partial charge in [-0.25, -0.2) is 0 Å². The lowest BCUT2D eigenvalue weighted by Crippen LogP contribution is -2.28. The maximum absolute atomic E-state index is 12.3. The van der Waals surface area contributed by atoms with Crippen molar-refractivity contribution in [3.8, 4) is 0 Å². The highest BCUT2D eigenvalue weighted by atomic mass is 32.2. The fraction of sp³-hybridized carbons (Fsp3) is 0.545. The Bertz CT molecular complexity index is 777. The monoisotopic (exact) mass is 414 g/mol. The molecule has 3 rings (SSSR count). The van der Waals surface area contributed by atoms with E-state index in [1.807, 2.05) is 24.3 Å². The van der Waals surface area contributed by atoms with Crippen molar-refractivity contribution in [2.75, 3.05) is 5.32 Å². The van der Waals surface area contributed by atoms with Crippen LogP contribution < -0.4 is 10.6 Å². The fourth-order valence-electron chi connectivity index (χ4n) is 3.45. The summed E-state index contributed by atoms with van der Waals surface area (Å²) in [5, 5.41) is 14.2. The van der Waals surface area contributed by atoms with E-state index >= 15 is 0 Å². The van der Waals surface area contributed by atoms with Gasteiger partial charge in [0.15, 0.2) is 5.17 Å². The van der Waals surface area contributed by atoms with Crippen LogP contribution in [-0.4, -0.2) is 27.9 Å². The first-order valence-electron chi connectivity index (χ1n) is 10.5. The molecule has 1 heterocycles. The second-order valence-electron chi connectivity index (χ2n) is 7.96. The Morgan fingerprint density at radius 1 is 1.10 bits per heavy atom. The number of thioether (sulfide) groups is 1. The van der Waals surface area contributed by atoms with Crippen LogP contribution in [0.25, 0.3) is 0 Å². The Morgan fingerprint density at radius 2 is 1.76 bits per heavy atom. The van der Waals surface area contributed by atoms with Crippen LogP contribution in [0.3, 0.4) is 0 Å². The average molecular weight is 415 g/mol. The number of hydrogen-bond donors (Lipinski definition) is 2. The Morgan fingerprint density at radius 3 is 2.41 bits per heavy atom. The van der Waals surface area contributed by atoms with Crippen LogP contribution in [0, 0.1) is 0 Å². The summed E-state index contributed by atoms with van der Waals surface area (Å²) in [4.78, 5) is 24.5. The van der Waals surface area contributed by atoms with E-state index in [4.69, 9.17) is 0 Å². The summed E-state index contributed by atoms with van der Waals surface area (Å²) in [6.07, 6.45) is 8.19.